The minimum Gasteiger partial charge on any atom is -0.352 e. The number of aryl methyl sites for hydroxylation is 1. The SMILES string of the molecule is Cc1ccccc1CCNC(=O)c1cccc2cn[nH]c12. The van der Waals surface area contributed by atoms with Crippen molar-refractivity contribution in [2.75, 3.05) is 6.54 Å². The molecular weight excluding hydrogens is 262 g/mol. The Balaban J connectivity index is 1.67. The molecule has 1 aromatic heterocycles. The maximum atomic E-state index is 12.3. The highest BCUT2D eigenvalue weighted by Gasteiger charge is 2.10. The molecule has 106 valence electrons. The van der Waals surface area contributed by atoms with Gasteiger partial charge in [-0.15, -0.1) is 0 Å². The Kier molecular flexibility index (Phi) is 3.69. The summed E-state index contributed by atoms with van der Waals surface area (Å²) in [4.78, 5) is 12.3. The fourth-order valence-electron chi connectivity index (χ4n) is 2.45. The first kappa shape index (κ1) is 13.4. The van der Waals surface area contributed by atoms with E-state index >= 15 is 0 Å². The molecule has 0 saturated heterocycles. The van der Waals surface area contributed by atoms with E-state index in [4.69, 9.17) is 0 Å². The van der Waals surface area contributed by atoms with E-state index in [1.807, 2.05) is 30.3 Å². The van der Waals surface area contributed by atoms with Crippen molar-refractivity contribution in [2.45, 2.75) is 13.3 Å². The Morgan fingerprint density at radius 2 is 2.05 bits per heavy atom. The van der Waals surface area contributed by atoms with Gasteiger partial charge in [0.1, 0.15) is 0 Å². The van der Waals surface area contributed by atoms with Gasteiger partial charge in [0.25, 0.3) is 5.91 Å². The van der Waals surface area contributed by atoms with E-state index in [9.17, 15) is 4.79 Å². The van der Waals surface area contributed by atoms with E-state index in [2.05, 4.69) is 34.6 Å². The van der Waals surface area contributed by atoms with Crippen LogP contribution in [0.3, 0.4) is 0 Å². The highest BCUT2D eigenvalue weighted by molar-refractivity contribution is 6.05. The summed E-state index contributed by atoms with van der Waals surface area (Å²) < 4.78 is 0. The Morgan fingerprint density at radius 3 is 2.90 bits per heavy atom. The van der Waals surface area contributed by atoms with Crippen LogP contribution in [0.25, 0.3) is 10.9 Å². The van der Waals surface area contributed by atoms with E-state index in [1.165, 1.54) is 11.1 Å². The quantitative estimate of drug-likeness (QED) is 0.771. The van der Waals surface area contributed by atoms with Gasteiger partial charge in [-0.1, -0.05) is 36.4 Å². The van der Waals surface area contributed by atoms with Crippen molar-refractivity contribution in [1.82, 2.24) is 15.5 Å². The van der Waals surface area contributed by atoms with Gasteiger partial charge < -0.3 is 5.32 Å². The molecule has 21 heavy (non-hydrogen) atoms. The molecule has 0 saturated carbocycles. The fraction of sp³-hybridized carbons (Fsp3) is 0.176. The standard InChI is InChI=1S/C17H17N3O/c1-12-5-2-3-6-13(12)9-10-18-17(21)15-8-4-7-14-11-19-20-16(14)15/h2-8,11H,9-10H2,1H3,(H,18,21)(H,19,20). The van der Waals surface area contributed by atoms with Gasteiger partial charge in [0.05, 0.1) is 17.3 Å². The summed E-state index contributed by atoms with van der Waals surface area (Å²) in [6, 6.07) is 13.8. The molecule has 4 nitrogen and oxygen atoms in total. The molecule has 2 N–H and O–H groups in total. The van der Waals surface area contributed by atoms with Gasteiger partial charge >= 0.3 is 0 Å². The molecule has 3 rings (SSSR count). The lowest BCUT2D eigenvalue weighted by Gasteiger charge is -2.08. The van der Waals surface area contributed by atoms with Gasteiger partial charge in [-0.3, -0.25) is 9.89 Å². The van der Waals surface area contributed by atoms with Crippen LogP contribution in [0.4, 0.5) is 0 Å². The van der Waals surface area contributed by atoms with Crippen LogP contribution in [0.1, 0.15) is 21.5 Å². The molecule has 0 unspecified atom stereocenters. The average molecular weight is 279 g/mol. The minimum absolute atomic E-state index is 0.0709. The first-order chi connectivity index (χ1) is 10.3. The highest BCUT2D eigenvalue weighted by Crippen LogP contribution is 2.15. The number of nitrogens with one attached hydrogen (secondary N) is 2. The number of hydrogen-bond acceptors (Lipinski definition) is 2. The predicted molar refractivity (Wildman–Crippen MR) is 83.3 cm³/mol. The Hall–Kier alpha value is -2.62. The van der Waals surface area contributed by atoms with Gasteiger partial charge in [0, 0.05) is 11.9 Å². The van der Waals surface area contributed by atoms with Crippen molar-refractivity contribution in [3.05, 3.63) is 65.4 Å². The smallest absolute Gasteiger partial charge is 0.253 e. The second-order valence-electron chi connectivity index (χ2n) is 5.07. The van der Waals surface area contributed by atoms with Crippen LogP contribution in [-0.4, -0.2) is 22.6 Å². The lowest BCUT2D eigenvalue weighted by Crippen LogP contribution is -2.26. The molecule has 2 aromatic carbocycles. The van der Waals surface area contributed by atoms with Crippen LogP contribution in [0.5, 0.6) is 0 Å². The maximum absolute atomic E-state index is 12.3. The molecule has 0 aliphatic carbocycles. The molecular formula is C17H17N3O. The second-order valence-corrected chi connectivity index (χ2v) is 5.07. The summed E-state index contributed by atoms with van der Waals surface area (Å²) in [6.07, 6.45) is 2.55. The number of rotatable bonds is 4. The Morgan fingerprint density at radius 1 is 1.19 bits per heavy atom. The summed E-state index contributed by atoms with van der Waals surface area (Å²) in [5.74, 6) is -0.0709. The Bertz CT molecular complexity index is 776. The zero-order valence-electron chi connectivity index (χ0n) is 11.9. The van der Waals surface area contributed by atoms with Gasteiger partial charge in [-0.05, 0) is 30.5 Å². The molecule has 3 aromatic rings. The highest BCUT2D eigenvalue weighted by atomic mass is 16.1. The second kappa shape index (κ2) is 5.79. The van der Waals surface area contributed by atoms with Crippen LogP contribution in [-0.2, 0) is 6.42 Å². The molecule has 0 atom stereocenters. The summed E-state index contributed by atoms with van der Waals surface area (Å²) in [6.45, 7) is 2.71. The molecule has 4 heteroatoms. The first-order valence-electron chi connectivity index (χ1n) is 7.00. The lowest BCUT2D eigenvalue weighted by molar-refractivity contribution is 0.0955. The van der Waals surface area contributed by atoms with Crippen molar-refractivity contribution in [3.8, 4) is 0 Å². The number of aromatic amines is 1. The average Bonchev–Trinajstić information content (AvgIpc) is 2.97. The van der Waals surface area contributed by atoms with Crippen molar-refractivity contribution in [3.63, 3.8) is 0 Å². The van der Waals surface area contributed by atoms with Crippen LogP contribution < -0.4 is 5.32 Å². The number of nitrogens with zero attached hydrogens (tertiary/aromatic N) is 1. The monoisotopic (exact) mass is 279 g/mol. The maximum Gasteiger partial charge on any atom is 0.253 e. The van der Waals surface area contributed by atoms with E-state index < -0.39 is 0 Å². The number of hydrogen-bond donors (Lipinski definition) is 2. The van der Waals surface area contributed by atoms with E-state index in [-0.39, 0.29) is 5.91 Å². The summed E-state index contributed by atoms with van der Waals surface area (Å²) in [5.41, 5.74) is 3.93. The summed E-state index contributed by atoms with van der Waals surface area (Å²) in [7, 11) is 0. The van der Waals surface area contributed by atoms with E-state index in [1.54, 1.807) is 6.20 Å². The van der Waals surface area contributed by atoms with Crippen molar-refractivity contribution < 1.29 is 4.79 Å². The lowest BCUT2D eigenvalue weighted by atomic mass is 10.1. The molecule has 1 heterocycles. The third kappa shape index (κ3) is 2.79. The number of fused-ring (bicyclic) bond motifs is 1. The molecule has 0 spiro atoms. The number of carbonyl (C=O) groups is 1. The number of para-hydroxylation sites is 1. The zero-order valence-corrected chi connectivity index (χ0v) is 11.9. The largest absolute Gasteiger partial charge is 0.352 e. The first-order valence-corrected chi connectivity index (χ1v) is 7.00. The van der Waals surface area contributed by atoms with Crippen LogP contribution >= 0.6 is 0 Å². The summed E-state index contributed by atoms with van der Waals surface area (Å²) >= 11 is 0. The van der Waals surface area contributed by atoms with Gasteiger partial charge in [-0.25, -0.2) is 0 Å². The molecule has 0 bridgehead atoms. The molecule has 0 radical (unpaired) electrons. The van der Waals surface area contributed by atoms with E-state index in [0.29, 0.717) is 12.1 Å². The number of aromatic nitrogens is 2. The minimum atomic E-state index is -0.0709. The van der Waals surface area contributed by atoms with Gasteiger partial charge in [-0.2, -0.15) is 5.10 Å². The predicted octanol–water partition coefficient (Wildman–Crippen LogP) is 2.84. The molecule has 1 amide bonds. The van der Waals surface area contributed by atoms with Crippen molar-refractivity contribution in [1.29, 1.82) is 0 Å². The normalized spacial score (nSPS) is 10.7. The topological polar surface area (TPSA) is 57.8 Å². The van der Waals surface area contributed by atoms with Crippen LogP contribution in [0.15, 0.2) is 48.7 Å². The van der Waals surface area contributed by atoms with Gasteiger partial charge in [0.15, 0.2) is 0 Å². The van der Waals surface area contributed by atoms with Crippen LogP contribution in [0, 0.1) is 6.92 Å². The van der Waals surface area contributed by atoms with E-state index in [0.717, 1.165) is 17.3 Å². The van der Waals surface area contributed by atoms with Crippen molar-refractivity contribution in [2.24, 2.45) is 0 Å². The third-order valence-electron chi connectivity index (χ3n) is 3.66. The number of H-pyrrole nitrogens is 1. The third-order valence-corrected chi connectivity index (χ3v) is 3.66. The zero-order chi connectivity index (χ0) is 14.7. The summed E-state index contributed by atoms with van der Waals surface area (Å²) in [5, 5.41) is 10.8. The van der Waals surface area contributed by atoms with Crippen LogP contribution in [0.2, 0.25) is 0 Å². The number of carbonyl (C=O) groups excluding carboxylic acids is 1. The van der Waals surface area contributed by atoms with Gasteiger partial charge in [0.2, 0.25) is 0 Å². The molecule has 0 fully saturated rings. The van der Waals surface area contributed by atoms with Crippen molar-refractivity contribution >= 4 is 16.8 Å². The number of amides is 1. The molecule has 0 aliphatic heterocycles. The Labute approximate surface area is 123 Å². The number of benzene rings is 2. The fourth-order valence-corrected chi connectivity index (χ4v) is 2.45. The molecule has 0 aliphatic rings.